The molecule has 0 amide bonds. The van der Waals surface area contributed by atoms with E-state index in [0.29, 0.717) is 5.00 Å². The fraction of sp³-hybridized carbons (Fsp3) is 0.250. The average Bonchev–Trinajstić information content (AvgIpc) is 2.80. The molecule has 0 aromatic carbocycles. The summed E-state index contributed by atoms with van der Waals surface area (Å²) < 4.78 is 8.67. The summed E-state index contributed by atoms with van der Waals surface area (Å²) in [6.45, 7) is 1.97. The molecule has 6 nitrogen and oxygen atoms in total. The smallest absolute Gasteiger partial charge is 0.344 e. The van der Waals surface area contributed by atoms with Crippen LogP contribution in [0.3, 0.4) is 0 Å². The third-order valence-corrected chi connectivity index (χ3v) is 3.43. The largest absolute Gasteiger partial charge is 0.465 e. The highest BCUT2D eigenvalue weighted by Crippen LogP contribution is 2.30. The summed E-state index contributed by atoms with van der Waals surface area (Å²) in [5.41, 5.74) is 6.96. The van der Waals surface area contributed by atoms with Crippen molar-refractivity contribution in [2.45, 2.75) is 13.0 Å². The van der Waals surface area contributed by atoms with Crippen molar-refractivity contribution in [1.29, 1.82) is 0 Å². The quantitative estimate of drug-likeness (QED) is 0.832. The van der Waals surface area contributed by atoms with Crippen molar-refractivity contribution in [2.75, 3.05) is 18.2 Å². The lowest BCUT2D eigenvalue weighted by molar-refractivity contribution is 0.0603. The summed E-state index contributed by atoms with van der Waals surface area (Å²) in [6.07, 6.45) is 3.47. The van der Waals surface area contributed by atoms with Crippen LogP contribution >= 0.6 is 11.5 Å². The standard InChI is InChI=1S/C12H14N4O2S/c1-7(8-4-3-5-14-6-8)15-11-9(12(17)18-2)10(13)16-19-11/h3-7,15H,1-2H3,(H2,13,16). The number of nitrogens with one attached hydrogen (secondary N) is 1. The average molecular weight is 278 g/mol. The number of nitrogens with zero attached hydrogens (tertiary/aromatic N) is 2. The number of rotatable bonds is 4. The fourth-order valence-electron chi connectivity index (χ4n) is 1.61. The molecule has 19 heavy (non-hydrogen) atoms. The molecule has 1 atom stereocenters. The number of methoxy groups -OCH3 is 1. The predicted molar refractivity (Wildman–Crippen MR) is 74.1 cm³/mol. The minimum absolute atomic E-state index is 0.0167. The highest BCUT2D eigenvalue weighted by atomic mass is 32.1. The van der Waals surface area contributed by atoms with Crippen LogP contribution in [-0.2, 0) is 4.74 Å². The van der Waals surface area contributed by atoms with E-state index < -0.39 is 5.97 Å². The van der Waals surface area contributed by atoms with Crippen LogP contribution in [0.2, 0.25) is 0 Å². The molecule has 7 heteroatoms. The Morgan fingerprint density at radius 1 is 1.58 bits per heavy atom. The van der Waals surface area contributed by atoms with E-state index in [4.69, 9.17) is 10.5 Å². The molecular formula is C12H14N4O2S. The van der Waals surface area contributed by atoms with Gasteiger partial charge < -0.3 is 15.8 Å². The van der Waals surface area contributed by atoms with Crippen LogP contribution in [0.5, 0.6) is 0 Å². The van der Waals surface area contributed by atoms with Gasteiger partial charge in [0.1, 0.15) is 10.6 Å². The molecule has 0 saturated carbocycles. The number of ether oxygens (including phenoxy) is 1. The van der Waals surface area contributed by atoms with Crippen LogP contribution in [0.15, 0.2) is 24.5 Å². The Bertz CT molecular complexity index is 570. The minimum atomic E-state index is -0.493. The zero-order chi connectivity index (χ0) is 13.8. The van der Waals surface area contributed by atoms with E-state index in [1.807, 2.05) is 19.1 Å². The van der Waals surface area contributed by atoms with Gasteiger partial charge in [0.05, 0.1) is 13.2 Å². The summed E-state index contributed by atoms with van der Waals surface area (Å²) >= 11 is 1.14. The van der Waals surface area contributed by atoms with E-state index in [2.05, 4.69) is 14.7 Å². The van der Waals surface area contributed by atoms with Gasteiger partial charge in [0.15, 0.2) is 5.82 Å². The van der Waals surface area contributed by atoms with Crippen molar-refractivity contribution in [2.24, 2.45) is 0 Å². The summed E-state index contributed by atoms with van der Waals surface area (Å²) in [4.78, 5) is 15.7. The minimum Gasteiger partial charge on any atom is -0.465 e. The molecule has 2 rings (SSSR count). The number of nitrogen functional groups attached to an aromatic ring is 1. The van der Waals surface area contributed by atoms with Gasteiger partial charge in [-0.1, -0.05) is 6.07 Å². The second-order valence-corrected chi connectivity index (χ2v) is 4.69. The Labute approximate surface area is 114 Å². The third kappa shape index (κ3) is 2.82. The predicted octanol–water partition coefficient (Wildman–Crippen LogP) is 2.08. The molecule has 2 aromatic rings. The van der Waals surface area contributed by atoms with Crippen LogP contribution in [-0.4, -0.2) is 22.4 Å². The molecule has 100 valence electrons. The van der Waals surface area contributed by atoms with Gasteiger partial charge in [-0.25, -0.2) is 4.79 Å². The lowest BCUT2D eigenvalue weighted by Gasteiger charge is -2.14. The lowest BCUT2D eigenvalue weighted by Crippen LogP contribution is -2.11. The molecule has 0 radical (unpaired) electrons. The monoisotopic (exact) mass is 278 g/mol. The Hall–Kier alpha value is -2.15. The highest BCUT2D eigenvalue weighted by molar-refractivity contribution is 7.11. The van der Waals surface area contributed by atoms with Crippen molar-refractivity contribution >= 4 is 28.3 Å². The van der Waals surface area contributed by atoms with Gasteiger partial charge in [-0.2, -0.15) is 4.37 Å². The number of aromatic nitrogens is 2. The molecule has 2 aromatic heterocycles. The Morgan fingerprint density at radius 3 is 3.00 bits per heavy atom. The fourth-order valence-corrected chi connectivity index (χ4v) is 2.40. The number of esters is 1. The van der Waals surface area contributed by atoms with Crippen molar-refractivity contribution in [3.63, 3.8) is 0 Å². The molecule has 0 bridgehead atoms. The zero-order valence-corrected chi connectivity index (χ0v) is 11.4. The molecule has 0 saturated heterocycles. The zero-order valence-electron chi connectivity index (χ0n) is 10.6. The molecule has 0 fully saturated rings. The first-order valence-corrected chi connectivity index (χ1v) is 6.40. The number of hydrogen-bond acceptors (Lipinski definition) is 7. The third-order valence-electron chi connectivity index (χ3n) is 2.64. The first-order valence-electron chi connectivity index (χ1n) is 5.63. The normalized spacial score (nSPS) is 11.9. The van der Waals surface area contributed by atoms with E-state index in [-0.39, 0.29) is 17.4 Å². The van der Waals surface area contributed by atoms with Crippen LogP contribution in [0, 0.1) is 0 Å². The van der Waals surface area contributed by atoms with Crippen molar-refractivity contribution in [3.05, 3.63) is 35.7 Å². The second-order valence-electron chi connectivity index (χ2n) is 3.92. The number of hydrogen-bond donors (Lipinski definition) is 2. The van der Waals surface area contributed by atoms with Crippen LogP contribution < -0.4 is 11.1 Å². The van der Waals surface area contributed by atoms with E-state index >= 15 is 0 Å². The van der Waals surface area contributed by atoms with Gasteiger partial charge >= 0.3 is 5.97 Å². The topological polar surface area (TPSA) is 90.1 Å². The first-order chi connectivity index (χ1) is 9.13. The van der Waals surface area contributed by atoms with Gasteiger partial charge in [-0.15, -0.1) is 0 Å². The maximum Gasteiger partial charge on any atom is 0.344 e. The van der Waals surface area contributed by atoms with E-state index in [0.717, 1.165) is 17.1 Å². The highest BCUT2D eigenvalue weighted by Gasteiger charge is 2.21. The van der Waals surface area contributed by atoms with Gasteiger partial charge in [-0.3, -0.25) is 4.98 Å². The summed E-state index contributed by atoms with van der Waals surface area (Å²) in [7, 11) is 1.31. The molecule has 0 aliphatic heterocycles. The van der Waals surface area contributed by atoms with Gasteiger partial charge in [0, 0.05) is 12.4 Å². The van der Waals surface area contributed by atoms with Crippen molar-refractivity contribution < 1.29 is 9.53 Å². The van der Waals surface area contributed by atoms with E-state index in [1.54, 1.807) is 12.4 Å². The molecule has 0 aliphatic carbocycles. The maximum atomic E-state index is 11.6. The molecule has 0 spiro atoms. The number of anilines is 2. The Morgan fingerprint density at radius 2 is 2.37 bits per heavy atom. The number of carbonyl (C=O) groups excluding carboxylic acids is 1. The SMILES string of the molecule is COC(=O)c1c(N)nsc1NC(C)c1cccnc1. The number of nitrogens with two attached hydrogens (primary N) is 1. The lowest BCUT2D eigenvalue weighted by atomic mass is 10.1. The Balaban J connectivity index is 2.22. The van der Waals surface area contributed by atoms with Crippen LogP contribution in [0.1, 0.15) is 28.9 Å². The molecule has 1 unspecified atom stereocenters. The first kappa shape index (κ1) is 13.3. The van der Waals surface area contributed by atoms with Gasteiger partial charge in [-0.05, 0) is 30.1 Å². The van der Waals surface area contributed by atoms with Gasteiger partial charge in [0.2, 0.25) is 0 Å². The van der Waals surface area contributed by atoms with Crippen LogP contribution in [0.4, 0.5) is 10.8 Å². The van der Waals surface area contributed by atoms with Crippen molar-refractivity contribution in [1.82, 2.24) is 9.36 Å². The molecule has 0 aliphatic rings. The van der Waals surface area contributed by atoms with Crippen LogP contribution in [0.25, 0.3) is 0 Å². The van der Waals surface area contributed by atoms with E-state index in [9.17, 15) is 4.79 Å². The Kier molecular flexibility index (Phi) is 3.96. The number of carbonyl (C=O) groups is 1. The number of pyridine rings is 1. The second kappa shape index (κ2) is 5.66. The summed E-state index contributed by atoms with van der Waals surface area (Å²) in [5.74, 6) is -0.315. The molecule has 3 N–H and O–H groups in total. The van der Waals surface area contributed by atoms with E-state index in [1.165, 1.54) is 7.11 Å². The molecular weight excluding hydrogens is 264 g/mol. The van der Waals surface area contributed by atoms with Crippen molar-refractivity contribution in [3.8, 4) is 0 Å². The maximum absolute atomic E-state index is 11.6. The summed E-state index contributed by atoms with van der Waals surface area (Å²) in [5, 5.41) is 3.80. The summed E-state index contributed by atoms with van der Waals surface area (Å²) in [6, 6.07) is 3.79. The molecule has 2 heterocycles. The van der Waals surface area contributed by atoms with Gasteiger partial charge in [0.25, 0.3) is 0 Å².